The highest BCUT2D eigenvalue weighted by Gasteiger charge is 2.12. The zero-order chi connectivity index (χ0) is 13.0. The molecule has 0 saturated heterocycles. The van der Waals surface area contributed by atoms with E-state index in [1.54, 1.807) is 19.4 Å². The number of imidazole rings is 1. The summed E-state index contributed by atoms with van der Waals surface area (Å²) >= 11 is 0.940. The summed E-state index contributed by atoms with van der Waals surface area (Å²) in [6.45, 7) is 3.10. The fourth-order valence-electron chi connectivity index (χ4n) is 1.58. The third-order valence-corrected chi connectivity index (χ3v) is 3.45. The van der Waals surface area contributed by atoms with Crippen molar-refractivity contribution in [2.24, 2.45) is 0 Å². The predicted octanol–water partition coefficient (Wildman–Crippen LogP) is 0.761. The van der Waals surface area contributed by atoms with Crippen LogP contribution in [0.25, 0.3) is 0 Å². The zero-order valence-corrected chi connectivity index (χ0v) is 10.8. The number of carbonyl (C=O) groups excluding carboxylic acids is 1. The minimum atomic E-state index is -0.198. The van der Waals surface area contributed by atoms with Crippen molar-refractivity contribution in [3.05, 3.63) is 39.0 Å². The van der Waals surface area contributed by atoms with E-state index in [2.05, 4.69) is 15.3 Å². The number of aromatic nitrogens is 3. The Balaban J connectivity index is 1.78. The lowest BCUT2D eigenvalue weighted by Crippen LogP contribution is -2.25. The van der Waals surface area contributed by atoms with E-state index in [1.807, 2.05) is 10.8 Å². The molecule has 0 bridgehead atoms. The van der Waals surface area contributed by atoms with Crippen LogP contribution in [-0.4, -0.2) is 27.0 Å². The summed E-state index contributed by atoms with van der Waals surface area (Å²) in [4.78, 5) is 29.6. The summed E-state index contributed by atoms with van der Waals surface area (Å²) in [6.07, 6.45) is 6.16. The van der Waals surface area contributed by atoms with Crippen LogP contribution in [0.1, 0.15) is 21.8 Å². The van der Waals surface area contributed by atoms with Gasteiger partial charge >= 0.3 is 4.87 Å². The molecule has 1 amide bonds. The highest BCUT2D eigenvalue weighted by Crippen LogP contribution is 2.07. The van der Waals surface area contributed by atoms with Crippen LogP contribution in [0, 0.1) is 6.92 Å². The average Bonchev–Trinajstić information content (AvgIpc) is 2.94. The van der Waals surface area contributed by atoms with Gasteiger partial charge in [0.1, 0.15) is 4.88 Å². The van der Waals surface area contributed by atoms with Gasteiger partial charge in [0.15, 0.2) is 0 Å². The molecule has 18 heavy (non-hydrogen) atoms. The lowest BCUT2D eigenvalue weighted by Gasteiger charge is -2.04. The average molecular weight is 266 g/mol. The molecule has 0 aliphatic rings. The van der Waals surface area contributed by atoms with Gasteiger partial charge in [-0.1, -0.05) is 11.3 Å². The SMILES string of the molecule is Cc1[nH]c(=O)sc1C(=O)NCCCn1ccnc1. The van der Waals surface area contributed by atoms with Crippen LogP contribution >= 0.6 is 11.3 Å². The van der Waals surface area contributed by atoms with E-state index in [4.69, 9.17) is 0 Å². The molecule has 0 saturated carbocycles. The Labute approximate surface area is 108 Å². The van der Waals surface area contributed by atoms with E-state index >= 15 is 0 Å². The molecule has 0 atom stereocenters. The number of thiazole rings is 1. The number of aryl methyl sites for hydroxylation is 2. The van der Waals surface area contributed by atoms with Gasteiger partial charge in [0, 0.05) is 31.2 Å². The predicted molar refractivity (Wildman–Crippen MR) is 68.9 cm³/mol. The molecular weight excluding hydrogens is 252 g/mol. The van der Waals surface area contributed by atoms with Crippen molar-refractivity contribution in [2.45, 2.75) is 19.9 Å². The number of carbonyl (C=O) groups is 1. The highest BCUT2D eigenvalue weighted by atomic mass is 32.1. The number of nitrogens with zero attached hydrogens (tertiary/aromatic N) is 2. The number of hydrogen-bond donors (Lipinski definition) is 2. The van der Waals surface area contributed by atoms with Crippen LogP contribution < -0.4 is 10.2 Å². The van der Waals surface area contributed by atoms with Crippen molar-refractivity contribution in [2.75, 3.05) is 6.54 Å². The van der Waals surface area contributed by atoms with E-state index in [-0.39, 0.29) is 10.8 Å². The molecule has 0 spiro atoms. The van der Waals surface area contributed by atoms with Crippen molar-refractivity contribution in [1.29, 1.82) is 0 Å². The third kappa shape index (κ3) is 3.07. The second-order valence-corrected chi connectivity index (χ2v) is 4.86. The summed E-state index contributed by atoms with van der Waals surface area (Å²) in [5, 5.41) is 2.79. The Kier molecular flexibility index (Phi) is 3.93. The lowest BCUT2D eigenvalue weighted by molar-refractivity contribution is 0.0956. The van der Waals surface area contributed by atoms with E-state index < -0.39 is 0 Å². The fourth-order valence-corrected chi connectivity index (χ4v) is 2.34. The van der Waals surface area contributed by atoms with Gasteiger partial charge in [0.05, 0.1) is 6.33 Å². The smallest absolute Gasteiger partial charge is 0.305 e. The molecule has 0 aliphatic heterocycles. The molecule has 96 valence electrons. The van der Waals surface area contributed by atoms with Crippen molar-refractivity contribution < 1.29 is 4.79 Å². The largest absolute Gasteiger partial charge is 0.351 e. The fraction of sp³-hybridized carbons (Fsp3) is 0.364. The summed E-state index contributed by atoms with van der Waals surface area (Å²) in [5.74, 6) is -0.193. The summed E-state index contributed by atoms with van der Waals surface area (Å²) in [6, 6.07) is 0. The van der Waals surface area contributed by atoms with Gasteiger partial charge in [-0.05, 0) is 13.3 Å². The van der Waals surface area contributed by atoms with E-state index in [0.29, 0.717) is 17.1 Å². The Bertz CT molecular complexity index is 570. The second-order valence-electron chi connectivity index (χ2n) is 3.88. The molecule has 2 aromatic rings. The molecule has 0 unspecified atom stereocenters. The molecule has 6 nitrogen and oxygen atoms in total. The number of H-pyrrole nitrogens is 1. The van der Waals surface area contributed by atoms with Crippen LogP contribution in [0.3, 0.4) is 0 Å². The number of amides is 1. The number of rotatable bonds is 5. The molecule has 2 aromatic heterocycles. The standard InChI is InChI=1S/C11H14N4O2S/c1-8-9(18-11(17)14-8)10(16)13-3-2-5-15-6-4-12-7-15/h4,6-7H,2-3,5H2,1H3,(H,13,16)(H,14,17). The molecule has 2 rings (SSSR count). The lowest BCUT2D eigenvalue weighted by atomic mass is 10.3. The number of aromatic amines is 1. The van der Waals surface area contributed by atoms with Crippen molar-refractivity contribution in [3.8, 4) is 0 Å². The van der Waals surface area contributed by atoms with Gasteiger partial charge < -0.3 is 14.9 Å². The van der Waals surface area contributed by atoms with Crippen LogP contribution in [0.15, 0.2) is 23.5 Å². The first-order valence-corrected chi connectivity index (χ1v) is 6.42. The van der Waals surface area contributed by atoms with Crippen molar-refractivity contribution >= 4 is 17.2 Å². The van der Waals surface area contributed by atoms with Crippen molar-refractivity contribution in [3.63, 3.8) is 0 Å². The van der Waals surface area contributed by atoms with E-state index in [1.165, 1.54) is 0 Å². The first-order valence-electron chi connectivity index (χ1n) is 5.60. The number of nitrogens with one attached hydrogen (secondary N) is 2. The quantitative estimate of drug-likeness (QED) is 0.784. The maximum Gasteiger partial charge on any atom is 0.305 e. The molecule has 0 aromatic carbocycles. The van der Waals surface area contributed by atoms with Crippen LogP contribution in [-0.2, 0) is 6.54 Å². The maximum absolute atomic E-state index is 11.8. The minimum Gasteiger partial charge on any atom is -0.351 e. The molecule has 0 fully saturated rings. The summed E-state index contributed by atoms with van der Waals surface area (Å²) < 4.78 is 1.95. The molecular formula is C11H14N4O2S. The number of hydrogen-bond acceptors (Lipinski definition) is 4. The van der Waals surface area contributed by atoms with Crippen LogP contribution in [0.4, 0.5) is 0 Å². The van der Waals surface area contributed by atoms with Gasteiger partial charge in [0.2, 0.25) is 0 Å². The molecule has 0 aliphatic carbocycles. The molecule has 7 heteroatoms. The Hall–Kier alpha value is -1.89. The highest BCUT2D eigenvalue weighted by molar-refractivity contribution is 7.11. The van der Waals surface area contributed by atoms with Crippen LogP contribution in [0.5, 0.6) is 0 Å². The summed E-state index contributed by atoms with van der Waals surface area (Å²) in [5.41, 5.74) is 0.622. The van der Waals surface area contributed by atoms with Crippen molar-refractivity contribution in [1.82, 2.24) is 19.9 Å². The van der Waals surface area contributed by atoms with E-state index in [9.17, 15) is 9.59 Å². The van der Waals surface area contributed by atoms with Gasteiger partial charge in [-0.25, -0.2) is 4.98 Å². The topological polar surface area (TPSA) is 79.8 Å². The Morgan fingerprint density at radius 2 is 2.44 bits per heavy atom. The Morgan fingerprint density at radius 1 is 1.61 bits per heavy atom. The first kappa shape index (κ1) is 12.6. The van der Waals surface area contributed by atoms with E-state index in [0.717, 1.165) is 24.3 Å². The van der Waals surface area contributed by atoms with Gasteiger partial charge in [-0.15, -0.1) is 0 Å². The second kappa shape index (κ2) is 5.63. The minimum absolute atomic E-state index is 0.193. The summed E-state index contributed by atoms with van der Waals surface area (Å²) in [7, 11) is 0. The van der Waals surface area contributed by atoms with Gasteiger partial charge in [-0.2, -0.15) is 0 Å². The molecule has 2 heterocycles. The zero-order valence-electron chi connectivity index (χ0n) is 9.97. The van der Waals surface area contributed by atoms with Gasteiger partial charge in [-0.3, -0.25) is 9.59 Å². The maximum atomic E-state index is 11.8. The monoisotopic (exact) mass is 266 g/mol. The first-order chi connectivity index (χ1) is 8.66. The third-order valence-electron chi connectivity index (χ3n) is 2.47. The Morgan fingerprint density at radius 3 is 3.06 bits per heavy atom. The van der Waals surface area contributed by atoms with Crippen LogP contribution in [0.2, 0.25) is 0 Å². The van der Waals surface area contributed by atoms with Gasteiger partial charge in [0.25, 0.3) is 5.91 Å². The normalized spacial score (nSPS) is 10.5. The molecule has 2 N–H and O–H groups in total. The molecule has 0 radical (unpaired) electrons.